The van der Waals surface area contributed by atoms with Crippen molar-refractivity contribution in [2.45, 2.75) is 25.5 Å². The third kappa shape index (κ3) is 1.92. The van der Waals surface area contributed by atoms with E-state index in [1.54, 1.807) is 6.92 Å². The van der Waals surface area contributed by atoms with E-state index in [9.17, 15) is 19.8 Å². The monoisotopic (exact) mass is 272 g/mol. The number of aliphatic hydroxyl groups excluding tert-OH is 1. The van der Waals surface area contributed by atoms with Gasteiger partial charge in [0.05, 0.1) is 18.1 Å². The first-order valence-corrected chi connectivity index (χ1v) is 6.78. The fourth-order valence-electron chi connectivity index (χ4n) is 2.54. The van der Waals surface area contributed by atoms with Gasteiger partial charge in [0.2, 0.25) is 5.91 Å². The lowest BCUT2D eigenvalue weighted by Gasteiger charge is -2.44. The first-order valence-electron chi connectivity index (χ1n) is 5.79. The highest BCUT2D eigenvalue weighted by Crippen LogP contribution is 2.46. The zero-order valence-electron chi connectivity index (χ0n) is 10.00. The molecule has 2 aliphatic rings. The molecule has 1 saturated heterocycles. The van der Waals surface area contributed by atoms with E-state index in [0.29, 0.717) is 23.6 Å². The van der Waals surface area contributed by atoms with Crippen LogP contribution < -0.4 is 5.73 Å². The molecule has 1 amide bonds. The summed E-state index contributed by atoms with van der Waals surface area (Å²) in [7, 11) is 0. The zero-order chi connectivity index (χ0) is 13.4. The van der Waals surface area contributed by atoms with Gasteiger partial charge in [-0.05, 0) is 6.92 Å². The molecule has 0 radical (unpaired) electrons. The lowest BCUT2D eigenvalue weighted by molar-refractivity contribution is -0.161. The molecule has 0 saturated carbocycles. The van der Waals surface area contributed by atoms with E-state index in [1.165, 1.54) is 16.7 Å². The van der Waals surface area contributed by atoms with Gasteiger partial charge in [-0.3, -0.25) is 4.79 Å². The molecular formula is C11H16N2O4S. The minimum atomic E-state index is -1.09. The number of carbonyl (C=O) groups excluding carboxylic acids is 1. The number of amides is 1. The van der Waals surface area contributed by atoms with E-state index in [1.807, 2.05) is 0 Å². The number of β-lactam (4-membered cyclic amide) rings is 1. The maximum atomic E-state index is 11.9. The van der Waals surface area contributed by atoms with Gasteiger partial charge >= 0.3 is 5.97 Å². The number of fused-ring (bicyclic) bond motifs is 1. The van der Waals surface area contributed by atoms with Crippen LogP contribution in [0, 0.1) is 5.92 Å². The molecular weight excluding hydrogens is 256 g/mol. The van der Waals surface area contributed by atoms with Crippen LogP contribution in [-0.4, -0.2) is 51.4 Å². The number of thioether (sulfide) groups is 1. The first-order chi connectivity index (χ1) is 8.49. The van der Waals surface area contributed by atoms with Crippen LogP contribution in [0.5, 0.6) is 0 Å². The number of nitrogens with two attached hydrogens (primary N) is 1. The third-order valence-electron chi connectivity index (χ3n) is 3.28. The van der Waals surface area contributed by atoms with Crippen molar-refractivity contribution in [2.24, 2.45) is 11.7 Å². The van der Waals surface area contributed by atoms with Gasteiger partial charge in [-0.25, -0.2) is 4.79 Å². The predicted octanol–water partition coefficient (Wildman–Crippen LogP) is -0.414. The molecule has 100 valence electrons. The van der Waals surface area contributed by atoms with Crippen LogP contribution >= 0.6 is 11.8 Å². The van der Waals surface area contributed by atoms with E-state index in [2.05, 4.69) is 0 Å². The van der Waals surface area contributed by atoms with Gasteiger partial charge in [0.1, 0.15) is 5.70 Å². The van der Waals surface area contributed by atoms with Gasteiger partial charge in [-0.15, -0.1) is 11.8 Å². The van der Waals surface area contributed by atoms with Crippen LogP contribution in [-0.2, 0) is 9.59 Å². The summed E-state index contributed by atoms with van der Waals surface area (Å²) in [5, 5.41) is 18.7. The van der Waals surface area contributed by atoms with Crippen molar-refractivity contribution in [3.63, 3.8) is 0 Å². The minimum Gasteiger partial charge on any atom is -0.477 e. The molecule has 18 heavy (non-hydrogen) atoms. The highest BCUT2D eigenvalue weighted by molar-refractivity contribution is 8.03. The quantitative estimate of drug-likeness (QED) is 0.588. The second-order valence-corrected chi connectivity index (χ2v) is 5.65. The summed E-state index contributed by atoms with van der Waals surface area (Å²) in [6.45, 7) is 2.02. The van der Waals surface area contributed by atoms with Crippen molar-refractivity contribution in [2.75, 3.05) is 12.3 Å². The summed E-state index contributed by atoms with van der Waals surface area (Å²) < 4.78 is 0. The molecule has 4 N–H and O–H groups in total. The summed E-state index contributed by atoms with van der Waals surface area (Å²) in [6.07, 6.45) is -0.235. The number of carbonyl (C=O) groups is 2. The molecule has 0 aromatic carbocycles. The molecule has 2 aliphatic heterocycles. The van der Waals surface area contributed by atoms with Gasteiger partial charge < -0.3 is 20.8 Å². The normalized spacial score (nSPS) is 28.2. The number of aliphatic hydroxyl groups is 1. The SMILES string of the molecule is C[C@@H](O)C1C(=O)N2C(C(=O)O)=C(SCCN)CC12. The van der Waals surface area contributed by atoms with Crippen LogP contribution in [0.25, 0.3) is 0 Å². The maximum Gasteiger partial charge on any atom is 0.353 e. The summed E-state index contributed by atoms with van der Waals surface area (Å²) in [6, 6.07) is -0.205. The number of carboxylic acids is 1. The Morgan fingerprint density at radius 3 is 2.83 bits per heavy atom. The average molecular weight is 272 g/mol. The Hall–Kier alpha value is -1.05. The largest absolute Gasteiger partial charge is 0.477 e. The van der Waals surface area contributed by atoms with Gasteiger partial charge in [0, 0.05) is 23.6 Å². The fraction of sp³-hybridized carbons (Fsp3) is 0.636. The van der Waals surface area contributed by atoms with Crippen LogP contribution in [0.2, 0.25) is 0 Å². The highest BCUT2D eigenvalue weighted by Gasteiger charge is 2.56. The topological polar surface area (TPSA) is 104 Å². The average Bonchev–Trinajstić information content (AvgIpc) is 2.60. The third-order valence-corrected chi connectivity index (χ3v) is 4.43. The van der Waals surface area contributed by atoms with Crippen molar-refractivity contribution >= 4 is 23.6 Å². The summed E-state index contributed by atoms with van der Waals surface area (Å²) in [5.41, 5.74) is 5.47. The lowest BCUT2D eigenvalue weighted by atomic mass is 9.83. The summed E-state index contributed by atoms with van der Waals surface area (Å²) >= 11 is 1.38. The van der Waals surface area contributed by atoms with Crippen molar-refractivity contribution in [3.8, 4) is 0 Å². The standard InChI is InChI=1S/C11H16N2O4S/c1-5(14)8-6-4-7(18-3-2-12)9(11(16)17)13(6)10(8)15/h5-6,8,14H,2-4,12H2,1H3,(H,16,17)/t5-,6?,8?/m1/s1. The van der Waals surface area contributed by atoms with Crippen molar-refractivity contribution in [3.05, 3.63) is 10.6 Å². The van der Waals surface area contributed by atoms with Crippen LogP contribution in [0.4, 0.5) is 0 Å². The van der Waals surface area contributed by atoms with Crippen molar-refractivity contribution < 1.29 is 19.8 Å². The van der Waals surface area contributed by atoms with E-state index in [-0.39, 0.29) is 17.6 Å². The molecule has 0 spiro atoms. The summed E-state index contributed by atoms with van der Waals surface area (Å²) in [4.78, 5) is 25.1. The first kappa shape index (κ1) is 13.4. The molecule has 2 rings (SSSR count). The Labute approximate surface area is 109 Å². The molecule has 1 fully saturated rings. The maximum absolute atomic E-state index is 11.9. The molecule has 7 heteroatoms. The van der Waals surface area contributed by atoms with Crippen LogP contribution in [0.3, 0.4) is 0 Å². The smallest absolute Gasteiger partial charge is 0.353 e. The molecule has 0 aromatic heterocycles. The van der Waals surface area contributed by atoms with Gasteiger partial charge in [0.25, 0.3) is 0 Å². The minimum absolute atomic E-state index is 0.0698. The highest BCUT2D eigenvalue weighted by atomic mass is 32.2. The number of nitrogens with zero attached hydrogens (tertiary/aromatic N) is 1. The molecule has 2 heterocycles. The zero-order valence-corrected chi connectivity index (χ0v) is 10.8. The molecule has 6 nitrogen and oxygen atoms in total. The van der Waals surface area contributed by atoms with E-state index >= 15 is 0 Å². The fourth-order valence-corrected chi connectivity index (χ4v) is 3.52. The molecule has 0 bridgehead atoms. The van der Waals surface area contributed by atoms with E-state index in [0.717, 1.165) is 0 Å². The Morgan fingerprint density at radius 1 is 1.67 bits per heavy atom. The second kappa shape index (κ2) is 4.91. The van der Waals surface area contributed by atoms with Crippen molar-refractivity contribution in [1.29, 1.82) is 0 Å². The lowest BCUT2D eigenvalue weighted by Crippen LogP contribution is -2.61. The van der Waals surface area contributed by atoms with Crippen LogP contribution in [0.1, 0.15) is 13.3 Å². The molecule has 2 unspecified atom stereocenters. The number of aliphatic carboxylic acids is 1. The Balaban J connectivity index is 2.21. The Morgan fingerprint density at radius 2 is 2.33 bits per heavy atom. The summed E-state index contributed by atoms with van der Waals surface area (Å²) in [5.74, 6) is -1.24. The number of rotatable bonds is 5. The number of hydrogen-bond acceptors (Lipinski definition) is 5. The van der Waals surface area contributed by atoms with Crippen LogP contribution in [0.15, 0.2) is 10.6 Å². The van der Waals surface area contributed by atoms with Gasteiger partial charge in [-0.1, -0.05) is 0 Å². The predicted molar refractivity (Wildman–Crippen MR) is 66.6 cm³/mol. The molecule has 0 aromatic rings. The van der Waals surface area contributed by atoms with E-state index in [4.69, 9.17) is 5.73 Å². The second-order valence-electron chi connectivity index (χ2n) is 4.46. The number of carboxylic acid groups (broad SMARTS) is 1. The Kier molecular flexibility index (Phi) is 3.65. The Bertz CT molecular complexity index is 421. The molecule has 3 atom stereocenters. The number of hydrogen-bond donors (Lipinski definition) is 3. The van der Waals surface area contributed by atoms with Gasteiger partial charge in [0.15, 0.2) is 0 Å². The van der Waals surface area contributed by atoms with Crippen molar-refractivity contribution in [1.82, 2.24) is 4.90 Å². The molecule has 0 aliphatic carbocycles. The van der Waals surface area contributed by atoms with Gasteiger partial charge in [-0.2, -0.15) is 0 Å². The van der Waals surface area contributed by atoms with E-state index < -0.39 is 18.0 Å².